The Labute approximate surface area is 77.8 Å². The summed E-state index contributed by atoms with van der Waals surface area (Å²) >= 11 is 0. The van der Waals surface area contributed by atoms with E-state index in [1.807, 2.05) is 30.3 Å². The average molecular weight is 181 g/mol. The van der Waals surface area contributed by atoms with Gasteiger partial charge in [-0.3, -0.25) is 0 Å². The number of benzene rings is 1. The van der Waals surface area contributed by atoms with Gasteiger partial charge in [0, 0.05) is 0 Å². The lowest BCUT2D eigenvalue weighted by Gasteiger charge is -2.16. The zero-order valence-corrected chi connectivity index (χ0v) is 7.43. The number of hydrogen-bond acceptors (Lipinski definition) is 3. The minimum Gasteiger partial charge on any atom is -0.395 e. The summed E-state index contributed by atoms with van der Waals surface area (Å²) in [4.78, 5) is 0. The van der Waals surface area contributed by atoms with Gasteiger partial charge in [0.1, 0.15) is 0 Å². The molecule has 0 aliphatic carbocycles. The molecule has 2 atom stereocenters. The van der Waals surface area contributed by atoms with Crippen molar-refractivity contribution in [2.24, 2.45) is 5.73 Å². The Balaban J connectivity index is 2.50. The van der Waals surface area contributed by atoms with E-state index in [0.29, 0.717) is 6.42 Å². The lowest BCUT2D eigenvalue weighted by molar-refractivity contribution is 0.109. The van der Waals surface area contributed by atoms with Crippen LogP contribution >= 0.6 is 0 Å². The van der Waals surface area contributed by atoms with Crippen LogP contribution in [-0.2, 0) is 6.42 Å². The second-order valence-corrected chi connectivity index (χ2v) is 3.10. The molecule has 13 heavy (non-hydrogen) atoms. The second kappa shape index (κ2) is 4.97. The van der Waals surface area contributed by atoms with Crippen molar-refractivity contribution in [3.63, 3.8) is 0 Å². The zero-order valence-electron chi connectivity index (χ0n) is 7.43. The van der Waals surface area contributed by atoms with Crippen LogP contribution in [0.3, 0.4) is 0 Å². The number of aliphatic hydroxyl groups excluding tert-OH is 2. The van der Waals surface area contributed by atoms with Gasteiger partial charge < -0.3 is 15.9 Å². The van der Waals surface area contributed by atoms with E-state index in [-0.39, 0.29) is 6.61 Å². The van der Waals surface area contributed by atoms with E-state index in [4.69, 9.17) is 10.8 Å². The molecule has 1 aromatic carbocycles. The van der Waals surface area contributed by atoms with Crippen molar-refractivity contribution < 1.29 is 10.2 Å². The van der Waals surface area contributed by atoms with Crippen LogP contribution in [0.2, 0.25) is 0 Å². The molecule has 0 bridgehead atoms. The minimum atomic E-state index is -0.674. The van der Waals surface area contributed by atoms with Crippen molar-refractivity contribution in [1.29, 1.82) is 0 Å². The Morgan fingerprint density at radius 2 is 1.85 bits per heavy atom. The predicted octanol–water partition coefficient (Wildman–Crippen LogP) is -0.0904. The van der Waals surface area contributed by atoms with Crippen molar-refractivity contribution in [3.05, 3.63) is 35.9 Å². The maximum atomic E-state index is 9.49. The van der Waals surface area contributed by atoms with Crippen LogP contribution in [0.25, 0.3) is 0 Å². The Morgan fingerprint density at radius 3 is 2.38 bits per heavy atom. The molecule has 0 radical (unpaired) electrons. The molecule has 0 spiro atoms. The Kier molecular flexibility index (Phi) is 3.89. The highest BCUT2D eigenvalue weighted by Crippen LogP contribution is 2.04. The molecule has 0 aromatic heterocycles. The van der Waals surface area contributed by atoms with E-state index in [2.05, 4.69) is 0 Å². The molecule has 2 unspecified atom stereocenters. The van der Waals surface area contributed by atoms with Crippen molar-refractivity contribution >= 4 is 0 Å². The quantitative estimate of drug-likeness (QED) is 0.608. The first kappa shape index (κ1) is 10.2. The van der Waals surface area contributed by atoms with Crippen LogP contribution in [0.4, 0.5) is 0 Å². The maximum Gasteiger partial charge on any atom is 0.0753 e. The summed E-state index contributed by atoms with van der Waals surface area (Å²) in [5, 5.41) is 18.2. The highest BCUT2D eigenvalue weighted by molar-refractivity contribution is 5.15. The first-order valence-electron chi connectivity index (χ1n) is 4.32. The van der Waals surface area contributed by atoms with Crippen LogP contribution in [0, 0.1) is 0 Å². The monoisotopic (exact) mass is 181 g/mol. The molecule has 72 valence electrons. The number of hydrogen-bond donors (Lipinski definition) is 3. The molecule has 4 N–H and O–H groups in total. The van der Waals surface area contributed by atoms with Crippen molar-refractivity contribution in [1.82, 2.24) is 0 Å². The molecule has 0 amide bonds. The molecule has 0 aliphatic rings. The molecular weight excluding hydrogens is 166 g/mol. The van der Waals surface area contributed by atoms with E-state index >= 15 is 0 Å². The largest absolute Gasteiger partial charge is 0.395 e. The topological polar surface area (TPSA) is 66.5 Å². The van der Waals surface area contributed by atoms with E-state index in [1.54, 1.807) is 0 Å². The van der Waals surface area contributed by atoms with Crippen LogP contribution in [0.15, 0.2) is 30.3 Å². The van der Waals surface area contributed by atoms with Gasteiger partial charge in [0.2, 0.25) is 0 Å². The molecule has 0 aliphatic heterocycles. The maximum absolute atomic E-state index is 9.49. The van der Waals surface area contributed by atoms with Gasteiger partial charge in [-0.25, -0.2) is 0 Å². The SMILES string of the molecule is NC(CO)C(O)Cc1ccccc1. The van der Waals surface area contributed by atoms with Gasteiger partial charge in [-0.2, -0.15) is 0 Å². The van der Waals surface area contributed by atoms with Crippen LogP contribution in [0.5, 0.6) is 0 Å². The highest BCUT2D eigenvalue weighted by Gasteiger charge is 2.13. The van der Waals surface area contributed by atoms with Gasteiger partial charge in [0.05, 0.1) is 18.8 Å². The summed E-state index contributed by atoms with van der Waals surface area (Å²) in [5.41, 5.74) is 6.49. The fourth-order valence-electron chi connectivity index (χ4n) is 1.13. The molecule has 0 heterocycles. The van der Waals surface area contributed by atoms with Gasteiger partial charge in [0.15, 0.2) is 0 Å². The standard InChI is InChI=1S/C10H15NO2/c11-9(7-12)10(13)6-8-4-2-1-3-5-8/h1-5,9-10,12-13H,6-7,11H2. The third kappa shape index (κ3) is 3.14. The second-order valence-electron chi connectivity index (χ2n) is 3.10. The molecule has 0 saturated carbocycles. The van der Waals surface area contributed by atoms with Gasteiger partial charge in [0.25, 0.3) is 0 Å². The summed E-state index contributed by atoms with van der Waals surface area (Å²) in [6.07, 6.45) is -0.185. The van der Waals surface area contributed by atoms with E-state index in [9.17, 15) is 5.11 Å². The summed E-state index contributed by atoms with van der Waals surface area (Å²) in [6.45, 7) is -0.187. The third-order valence-corrected chi connectivity index (χ3v) is 1.99. The predicted molar refractivity (Wildman–Crippen MR) is 51.2 cm³/mol. The average Bonchev–Trinajstić information content (AvgIpc) is 2.18. The molecule has 0 fully saturated rings. The van der Waals surface area contributed by atoms with Crippen LogP contribution < -0.4 is 5.73 Å². The van der Waals surface area contributed by atoms with Gasteiger partial charge in [-0.05, 0) is 12.0 Å². The fourth-order valence-corrected chi connectivity index (χ4v) is 1.13. The molecule has 0 saturated heterocycles. The Hall–Kier alpha value is -0.900. The Morgan fingerprint density at radius 1 is 1.23 bits per heavy atom. The normalized spacial score (nSPS) is 15.3. The summed E-state index contributed by atoms with van der Waals surface area (Å²) in [5.74, 6) is 0. The zero-order chi connectivity index (χ0) is 9.68. The van der Waals surface area contributed by atoms with Crippen LogP contribution in [-0.4, -0.2) is 29.0 Å². The van der Waals surface area contributed by atoms with Crippen molar-refractivity contribution in [2.45, 2.75) is 18.6 Å². The summed E-state index contributed by atoms with van der Waals surface area (Å²) < 4.78 is 0. The lowest BCUT2D eigenvalue weighted by Crippen LogP contribution is -2.39. The van der Waals surface area contributed by atoms with Gasteiger partial charge in [-0.15, -0.1) is 0 Å². The van der Waals surface area contributed by atoms with Crippen molar-refractivity contribution in [2.75, 3.05) is 6.61 Å². The van der Waals surface area contributed by atoms with Gasteiger partial charge >= 0.3 is 0 Å². The molecular formula is C10H15NO2. The lowest BCUT2D eigenvalue weighted by atomic mass is 10.0. The fraction of sp³-hybridized carbons (Fsp3) is 0.400. The summed E-state index contributed by atoms with van der Waals surface area (Å²) in [6, 6.07) is 9.03. The van der Waals surface area contributed by atoms with E-state index in [1.165, 1.54) is 0 Å². The Bertz CT molecular complexity index is 238. The van der Waals surface area contributed by atoms with Crippen LogP contribution in [0.1, 0.15) is 5.56 Å². The molecule has 3 nitrogen and oxygen atoms in total. The van der Waals surface area contributed by atoms with Crippen molar-refractivity contribution in [3.8, 4) is 0 Å². The molecule has 3 heteroatoms. The number of rotatable bonds is 4. The van der Waals surface area contributed by atoms with Gasteiger partial charge in [-0.1, -0.05) is 30.3 Å². The summed E-state index contributed by atoms with van der Waals surface area (Å²) in [7, 11) is 0. The highest BCUT2D eigenvalue weighted by atomic mass is 16.3. The third-order valence-electron chi connectivity index (χ3n) is 1.99. The minimum absolute atomic E-state index is 0.187. The molecule has 1 aromatic rings. The first-order valence-corrected chi connectivity index (χ1v) is 4.32. The molecule has 1 rings (SSSR count). The smallest absolute Gasteiger partial charge is 0.0753 e. The van der Waals surface area contributed by atoms with E-state index in [0.717, 1.165) is 5.56 Å². The number of aliphatic hydroxyl groups is 2. The van der Waals surface area contributed by atoms with E-state index < -0.39 is 12.1 Å². The first-order chi connectivity index (χ1) is 6.24. The number of nitrogens with two attached hydrogens (primary N) is 1.